The van der Waals surface area contributed by atoms with Gasteiger partial charge >= 0.3 is 0 Å². The molecule has 2 atom stereocenters. The van der Waals surface area contributed by atoms with Gasteiger partial charge in [0.2, 0.25) is 0 Å². The van der Waals surface area contributed by atoms with Gasteiger partial charge in [0.15, 0.2) is 11.6 Å². The van der Waals surface area contributed by atoms with Crippen molar-refractivity contribution in [2.45, 2.75) is 37.0 Å². The molecule has 0 spiro atoms. The van der Waals surface area contributed by atoms with Crippen LogP contribution in [0.15, 0.2) is 18.2 Å². The molecule has 1 heterocycles. The van der Waals surface area contributed by atoms with Crippen LogP contribution in [0.4, 0.5) is 8.78 Å². The minimum Gasteiger partial charge on any atom is -0.391 e. The third kappa shape index (κ3) is 2.80. The first-order valence-corrected chi connectivity index (χ1v) is 6.76. The van der Waals surface area contributed by atoms with E-state index < -0.39 is 17.7 Å². The molecule has 17 heavy (non-hydrogen) atoms. The van der Waals surface area contributed by atoms with E-state index in [9.17, 15) is 13.9 Å². The van der Waals surface area contributed by atoms with Crippen LogP contribution in [0, 0.1) is 11.6 Å². The van der Waals surface area contributed by atoms with Crippen LogP contribution in [0.2, 0.25) is 0 Å². The predicted molar refractivity (Wildman–Crippen MR) is 66.2 cm³/mol. The molecule has 0 radical (unpaired) electrons. The molecule has 1 saturated heterocycles. The van der Waals surface area contributed by atoms with Gasteiger partial charge in [-0.1, -0.05) is 6.07 Å². The Kier molecular flexibility index (Phi) is 3.73. The van der Waals surface area contributed by atoms with Gasteiger partial charge in [0.1, 0.15) is 0 Å². The van der Waals surface area contributed by atoms with E-state index in [0.717, 1.165) is 24.7 Å². The van der Waals surface area contributed by atoms with Crippen molar-refractivity contribution in [3.05, 3.63) is 35.4 Å². The van der Waals surface area contributed by atoms with Gasteiger partial charge in [-0.25, -0.2) is 8.78 Å². The molecule has 1 fully saturated rings. The summed E-state index contributed by atoms with van der Waals surface area (Å²) in [6.07, 6.45) is 1.94. The highest BCUT2D eigenvalue weighted by Crippen LogP contribution is 2.41. The maximum absolute atomic E-state index is 13.0. The average Bonchev–Trinajstić information content (AvgIpc) is 2.72. The molecule has 1 N–H and O–H groups in total. The van der Waals surface area contributed by atoms with Crippen LogP contribution < -0.4 is 0 Å². The molecule has 1 aromatic rings. The van der Waals surface area contributed by atoms with Crippen LogP contribution in [0.1, 0.15) is 25.3 Å². The highest BCUT2D eigenvalue weighted by atomic mass is 32.2. The Bertz CT molecular complexity index is 402. The number of rotatable bonds is 3. The lowest BCUT2D eigenvalue weighted by Gasteiger charge is -2.29. The summed E-state index contributed by atoms with van der Waals surface area (Å²) in [5.74, 6) is -0.630. The highest BCUT2D eigenvalue weighted by Gasteiger charge is 2.36. The lowest BCUT2D eigenvalue weighted by Crippen LogP contribution is -2.35. The summed E-state index contributed by atoms with van der Waals surface area (Å²) in [5.41, 5.74) is 0.644. The Hall–Kier alpha value is -0.610. The van der Waals surface area contributed by atoms with Crippen molar-refractivity contribution >= 4 is 11.8 Å². The van der Waals surface area contributed by atoms with Crippen molar-refractivity contribution in [1.29, 1.82) is 0 Å². The largest absolute Gasteiger partial charge is 0.391 e. The zero-order chi connectivity index (χ0) is 12.5. The van der Waals surface area contributed by atoms with Crippen LogP contribution in [0.3, 0.4) is 0 Å². The molecule has 1 nitrogen and oxygen atoms in total. The Morgan fingerprint density at radius 2 is 2.18 bits per heavy atom. The quantitative estimate of drug-likeness (QED) is 0.898. The number of benzene rings is 1. The summed E-state index contributed by atoms with van der Waals surface area (Å²) in [6, 6.07) is 3.81. The summed E-state index contributed by atoms with van der Waals surface area (Å²) in [7, 11) is 0. The SMILES string of the molecule is CC1(C(O)Cc2ccc(F)c(F)c2)CCCS1. The maximum atomic E-state index is 13.0. The van der Waals surface area contributed by atoms with E-state index in [-0.39, 0.29) is 4.75 Å². The van der Waals surface area contributed by atoms with E-state index in [1.54, 1.807) is 11.8 Å². The summed E-state index contributed by atoms with van der Waals surface area (Å²) < 4.78 is 25.7. The number of thioether (sulfide) groups is 1. The highest BCUT2D eigenvalue weighted by molar-refractivity contribution is 8.00. The van der Waals surface area contributed by atoms with Gasteiger partial charge in [0.25, 0.3) is 0 Å². The normalized spacial score (nSPS) is 26.1. The molecule has 0 amide bonds. The fourth-order valence-corrected chi connectivity index (χ4v) is 3.49. The van der Waals surface area contributed by atoms with Crippen LogP contribution in [0.25, 0.3) is 0 Å². The zero-order valence-electron chi connectivity index (χ0n) is 9.75. The maximum Gasteiger partial charge on any atom is 0.159 e. The predicted octanol–water partition coefficient (Wildman–Crippen LogP) is 3.15. The lowest BCUT2D eigenvalue weighted by atomic mass is 9.93. The first-order valence-electron chi connectivity index (χ1n) is 5.77. The standard InChI is InChI=1S/C13H16F2OS/c1-13(5-2-6-17-13)12(16)8-9-3-4-10(14)11(15)7-9/h3-4,7,12,16H,2,5-6,8H2,1H3. The van der Waals surface area contributed by atoms with Crippen LogP contribution in [-0.2, 0) is 6.42 Å². The zero-order valence-corrected chi connectivity index (χ0v) is 10.6. The van der Waals surface area contributed by atoms with Gasteiger partial charge < -0.3 is 5.11 Å². The number of aliphatic hydroxyl groups is 1. The van der Waals surface area contributed by atoms with Gasteiger partial charge in [-0.2, -0.15) is 11.8 Å². The van der Waals surface area contributed by atoms with Crippen molar-refractivity contribution < 1.29 is 13.9 Å². The Labute approximate surface area is 104 Å². The molecular formula is C13H16F2OS. The lowest BCUT2D eigenvalue weighted by molar-refractivity contribution is 0.133. The van der Waals surface area contributed by atoms with E-state index in [0.29, 0.717) is 12.0 Å². The summed E-state index contributed by atoms with van der Waals surface area (Å²) in [5, 5.41) is 10.2. The van der Waals surface area contributed by atoms with Gasteiger partial charge in [-0.3, -0.25) is 0 Å². The molecular weight excluding hydrogens is 242 g/mol. The van der Waals surface area contributed by atoms with E-state index in [1.165, 1.54) is 12.1 Å². The summed E-state index contributed by atoms with van der Waals surface area (Å²) in [4.78, 5) is 0. The molecule has 2 unspecified atom stereocenters. The molecule has 1 aromatic carbocycles. The van der Waals surface area contributed by atoms with E-state index in [2.05, 4.69) is 0 Å². The topological polar surface area (TPSA) is 20.2 Å². The van der Waals surface area contributed by atoms with E-state index in [1.807, 2.05) is 6.92 Å². The molecule has 1 aliphatic rings. The fraction of sp³-hybridized carbons (Fsp3) is 0.538. The molecule has 1 aliphatic heterocycles. The van der Waals surface area contributed by atoms with Crippen molar-refractivity contribution in [2.24, 2.45) is 0 Å². The molecule has 0 aromatic heterocycles. The number of hydrogen-bond acceptors (Lipinski definition) is 2. The van der Waals surface area contributed by atoms with Crippen LogP contribution in [-0.4, -0.2) is 21.7 Å². The molecule has 2 rings (SSSR count). The minimum absolute atomic E-state index is 0.148. The first kappa shape index (κ1) is 12.8. The smallest absolute Gasteiger partial charge is 0.159 e. The monoisotopic (exact) mass is 258 g/mol. The number of hydrogen-bond donors (Lipinski definition) is 1. The number of halogens is 2. The van der Waals surface area contributed by atoms with Crippen molar-refractivity contribution in [3.63, 3.8) is 0 Å². The second-order valence-electron chi connectivity index (χ2n) is 4.73. The minimum atomic E-state index is -0.848. The fourth-order valence-electron chi connectivity index (χ4n) is 2.17. The Morgan fingerprint density at radius 1 is 1.41 bits per heavy atom. The van der Waals surface area contributed by atoms with Gasteiger partial charge in [0, 0.05) is 4.75 Å². The molecule has 0 bridgehead atoms. The molecule has 0 aliphatic carbocycles. The van der Waals surface area contributed by atoms with Gasteiger partial charge in [0.05, 0.1) is 6.10 Å². The van der Waals surface area contributed by atoms with Crippen molar-refractivity contribution in [1.82, 2.24) is 0 Å². The van der Waals surface area contributed by atoms with Crippen molar-refractivity contribution in [2.75, 3.05) is 5.75 Å². The third-order valence-corrected chi connectivity index (χ3v) is 5.00. The van der Waals surface area contributed by atoms with Crippen LogP contribution in [0.5, 0.6) is 0 Å². The molecule has 0 saturated carbocycles. The summed E-state index contributed by atoms with van der Waals surface area (Å²) >= 11 is 1.76. The summed E-state index contributed by atoms with van der Waals surface area (Å²) in [6.45, 7) is 2.04. The molecule has 94 valence electrons. The van der Waals surface area contributed by atoms with E-state index >= 15 is 0 Å². The average molecular weight is 258 g/mol. The Balaban J connectivity index is 2.07. The second kappa shape index (κ2) is 4.94. The van der Waals surface area contributed by atoms with Crippen LogP contribution >= 0.6 is 11.8 Å². The van der Waals surface area contributed by atoms with Crippen molar-refractivity contribution in [3.8, 4) is 0 Å². The second-order valence-corrected chi connectivity index (χ2v) is 6.36. The third-order valence-electron chi connectivity index (χ3n) is 3.37. The molecule has 4 heteroatoms. The Morgan fingerprint density at radius 3 is 2.76 bits per heavy atom. The number of aliphatic hydroxyl groups excluding tert-OH is 1. The van der Waals surface area contributed by atoms with Gasteiger partial charge in [-0.05, 0) is 49.6 Å². The van der Waals surface area contributed by atoms with E-state index in [4.69, 9.17) is 0 Å². The van der Waals surface area contributed by atoms with Gasteiger partial charge in [-0.15, -0.1) is 0 Å². The first-order chi connectivity index (χ1) is 8.01.